The molecule has 0 saturated heterocycles. The molecule has 2 heterocycles. The van der Waals surface area contributed by atoms with Crippen LogP contribution in [0.4, 0.5) is 0 Å². The lowest BCUT2D eigenvalue weighted by molar-refractivity contribution is -0.147. The Labute approximate surface area is 272 Å². The average molecular weight is 637 g/mol. The van der Waals surface area contributed by atoms with Crippen LogP contribution in [0.3, 0.4) is 0 Å². The van der Waals surface area contributed by atoms with Crippen molar-refractivity contribution in [1.29, 1.82) is 0 Å². The van der Waals surface area contributed by atoms with Crippen LogP contribution in [0.1, 0.15) is 42.7 Å². The van der Waals surface area contributed by atoms with Gasteiger partial charge in [-0.15, -0.1) is 0 Å². The molecule has 0 aliphatic carbocycles. The largest absolute Gasteiger partial charge is 0.486 e. The van der Waals surface area contributed by atoms with Gasteiger partial charge in [0.1, 0.15) is 24.1 Å². The molecule has 0 spiro atoms. The summed E-state index contributed by atoms with van der Waals surface area (Å²) in [5.41, 5.74) is 0.482. The van der Waals surface area contributed by atoms with Crippen LogP contribution in [0.15, 0.2) is 102 Å². The molecule has 4 aromatic rings. The van der Waals surface area contributed by atoms with E-state index in [-0.39, 0.29) is 24.5 Å². The number of rotatable bonds is 14. The normalized spacial score (nSPS) is 16.9. The molecule has 2 amide bonds. The van der Waals surface area contributed by atoms with E-state index in [1.54, 1.807) is 36.4 Å². The minimum absolute atomic E-state index is 0.0174. The van der Waals surface area contributed by atoms with Gasteiger partial charge in [0, 0.05) is 18.2 Å². The van der Waals surface area contributed by atoms with Crippen molar-refractivity contribution in [3.05, 3.63) is 108 Å². The number of benzene rings is 3. The average Bonchev–Trinajstić information content (AvgIpc) is 3.50. The van der Waals surface area contributed by atoms with Gasteiger partial charge < -0.3 is 25.3 Å². The topological polar surface area (TPSA) is 156 Å². The number of nitrogens with one attached hydrogen (secondary N) is 2. The molecule has 0 radical (unpaired) electrons. The Hall–Kier alpha value is -5.58. The highest BCUT2D eigenvalue weighted by atomic mass is 16.7. The quantitative estimate of drug-likeness (QED) is 0.184. The smallest absolute Gasteiger partial charge is 0.305 e. The zero-order valence-corrected chi connectivity index (χ0v) is 26.1. The van der Waals surface area contributed by atoms with E-state index >= 15 is 0 Å². The lowest BCUT2D eigenvalue weighted by Crippen LogP contribution is -2.55. The van der Waals surface area contributed by atoms with Crippen LogP contribution in [0.2, 0.25) is 0 Å². The fourth-order valence-corrected chi connectivity index (χ4v) is 5.42. The molecule has 1 aliphatic rings. The highest BCUT2D eigenvalue weighted by Gasteiger charge is 2.49. The van der Waals surface area contributed by atoms with Crippen molar-refractivity contribution in [2.24, 2.45) is 11.1 Å². The maximum absolute atomic E-state index is 14.1. The zero-order valence-electron chi connectivity index (χ0n) is 26.1. The first-order valence-corrected chi connectivity index (χ1v) is 15.3. The second-order valence-electron chi connectivity index (χ2n) is 11.8. The molecule has 3 N–H and O–H groups in total. The number of carbonyl (C=O) groups excluding carboxylic acids is 3. The van der Waals surface area contributed by atoms with E-state index in [0.29, 0.717) is 17.0 Å². The Balaban J connectivity index is 1.36. The first-order valence-electron chi connectivity index (χ1n) is 15.3. The van der Waals surface area contributed by atoms with Gasteiger partial charge in [0.2, 0.25) is 5.60 Å². The summed E-state index contributed by atoms with van der Waals surface area (Å²) in [6, 6.07) is 26.7. The number of ether oxygens (including phenoxy) is 1. The number of oxime groups is 1. The van der Waals surface area contributed by atoms with Crippen molar-refractivity contribution in [2.75, 3.05) is 6.61 Å². The maximum atomic E-state index is 14.1. The van der Waals surface area contributed by atoms with Gasteiger partial charge in [-0.05, 0) is 35.7 Å². The third-order valence-corrected chi connectivity index (χ3v) is 7.89. The number of carboxylic acids is 1. The molecule has 5 rings (SSSR count). The van der Waals surface area contributed by atoms with Gasteiger partial charge in [0.15, 0.2) is 5.78 Å². The summed E-state index contributed by atoms with van der Waals surface area (Å²) in [5.74, 6) is -2.71. The molecule has 11 heteroatoms. The molecular weight excluding hydrogens is 600 g/mol. The summed E-state index contributed by atoms with van der Waals surface area (Å²) in [6.07, 6.45) is -0.593. The minimum atomic E-state index is -1.62. The van der Waals surface area contributed by atoms with Gasteiger partial charge in [-0.3, -0.25) is 19.2 Å². The Morgan fingerprint density at radius 1 is 0.894 bits per heavy atom. The standard InChI is InChI=1S/C36H36N4O7/c1-23(2)33(39-34(44)28-18-17-25-13-9-10-16-27(25)37-28)30-21-36(47-40-30,20-24-11-5-3-6-12-24)35(45)38-29(19-32(42)43)31(41)22-46-26-14-7-4-8-15-26/h3-18,23,29,33H,19-22H2,1-2H3,(H,38,45)(H,39,44)(H,42,43). The third kappa shape index (κ3) is 8.18. The monoisotopic (exact) mass is 636 g/mol. The Kier molecular flexibility index (Phi) is 10.2. The molecule has 1 aromatic heterocycles. The Morgan fingerprint density at radius 3 is 2.28 bits per heavy atom. The number of para-hydroxylation sites is 2. The van der Waals surface area contributed by atoms with Crippen molar-refractivity contribution in [3.63, 3.8) is 0 Å². The van der Waals surface area contributed by atoms with E-state index < -0.39 is 54.3 Å². The number of nitrogens with zero attached hydrogens (tertiary/aromatic N) is 2. The fourth-order valence-electron chi connectivity index (χ4n) is 5.42. The van der Waals surface area contributed by atoms with Gasteiger partial charge >= 0.3 is 5.97 Å². The number of ketones is 1. The summed E-state index contributed by atoms with van der Waals surface area (Å²) < 4.78 is 5.54. The second kappa shape index (κ2) is 14.7. The van der Waals surface area contributed by atoms with Crippen LogP contribution in [0.5, 0.6) is 5.75 Å². The van der Waals surface area contributed by atoms with E-state index in [9.17, 15) is 24.3 Å². The van der Waals surface area contributed by atoms with Crippen molar-refractivity contribution >= 4 is 40.2 Å². The first-order chi connectivity index (χ1) is 22.6. The second-order valence-corrected chi connectivity index (χ2v) is 11.8. The number of carboxylic acid groups (broad SMARTS) is 1. The summed E-state index contributed by atoms with van der Waals surface area (Å²) in [4.78, 5) is 62.7. The maximum Gasteiger partial charge on any atom is 0.305 e. The molecule has 3 unspecified atom stereocenters. The molecule has 0 fully saturated rings. The van der Waals surface area contributed by atoms with E-state index in [4.69, 9.17) is 9.57 Å². The molecule has 0 saturated carbocycles. The number of carbonyl (C=O) groups is 4. The van der Waals surface area contributed by atoms with Crippen LogP contribution >= 0.6 is 0 Å². The van der Waals surface area contributed by atoms with Crippen LogP contribution in [0, 0.1) is 5.92 Å². The Bertz CT molecular complexity index is 1780. The lowest BCUT2D eigenvalue weighted by atomic mass is 9.84. The number of amides is 2. The van der Waals surface area contributed by atoms with Crippen LogP contribution in [-0.4, -0.2) is 63.7 Å². The molecule has 1 aliphatic heterocycles. The van der Waals surface area contributed by atoms with Gasteiger partial charge in [-0.25, -0.2) is 4.98 Å². The molecule has 47 heavy (non-hydrogen) atoms. The highest BCUT2D eigenvalue weighted by Crippen LogP contribution is 2.32. The predicted octanol–water partition coefficient (Wildman–Crippen LogP) is 4.35. The van der Waals surface area contributed by atoms with E-state index in [1.165, 1.54) is 0 Å². The van der Waals surface area contributed by atoms with Crippen molar-refractivity contribution in [2.45, 2.75) is 50.8 Å². The highest BCUT2D eigenvalue weighted by molar-refractivity contribution is 6.03. The molecule has 0 bridgehead atoms. The number of aliphatic carboxylic acids is 1. The molecule has 11 nitrogen and oxygen atoms in total. The van der Waals surface area contributed by atoms with Crippen molar-refractivity contribution in [1.82, 2.24) is 15.6 Å². The molecule has 3 aromatic carbocycles. The zero-order chi connectivity index (χ0) is 33.4. The summed E-state index contributed by atoms with van der Waals surface area (Å²) in [5, 5.41) is 20.4. The molecular formula is C36H36N4O7. The van der Waals surface area contributed by atoms with Crippen molar-refractivity contribution < 1.29 is 33.9 Å². The van der Waals surface area contributed by atoms with E-state index in [2.05, 4.69) is 20.8 Å². The summed E-state index contributed by atoms with van der Waals surface area (Å²) in [7, 11) is 0. The number of aromatic nitrogens is 1. The van der Waals surface area contributed by atoms with Crippen LogP contribution in [-0.2, 0) is 25.6 Å². The third-order valence-electron chi connectivity index (χ3n) is 7.89. The number of hydrogen-bond acceptors (Lipinski definition) is 8. The van der Waals surface area contributed by atoms with E-state index in [1.807, 2.05) is 74.5 Å². The number of fused-ring (bicyclic) bond motifs is 1. The van der Waals surface area contributed by atoms with Crippen molar-refractivity contribution in [3.8, 4) is 5.75 Å². The first kappa shape index (κ1) is 32.8. The van der Waals surface area contributed by atoms with Crippen LogP contribution in [0.25, 0.3) is 10.9 Å². The molecule has 3 atom stereocenters. The number of hydrogen-bond donors (Lipinski definition) is 3. The van der Waals surface area contributed by atoms with Crippen LogP contribution < -0.4 is 15.4 Å². The predicted molar refractivity (Wildman–Crippen MR) is 175 cm³/mol. The Morgan fingerprint density at radius 2 is 1.57 bits per heavy atom. The SMILES string of the molecule is CC(C)C(NC(=O)c1ccc2ccccc2n1)C1=NOC(Cc2ccccc2)(C(=O)NC(CC(=O)O)C(=O)COc2ccccc2)C1. The lowest BCUT2D eigenvalue weighted by Gasteiger charge is -2.29. The fraction of sp³-hybridized carbons (Fsp3) is 0.278. The van der Waals surface area contributed by atoms with E-state index in [0.717, 1.165) is 10.9 Å². The summed E-state index contributed by atoms with van der Waals surface area (Å²) in [6.45, 7) is 3.38. The van der Waals surface area contributed by atoms with Gasteiger partial charge in [-0.2, -0.15) is 0 Å². The van der Waals surface area contributed by atoms with Gasteiger partial charge in [0.25, 0.3) is 11.8 Å². The summed E-state index contributed by atoms with van der Waals surface area (Å²) >= 11 is 0. The number of Topliss-reactive ketones (excluding diaryl/α,β-unsaturated/α-hetero) is 1. The minimum Gasteiger partial charge on any atom is -0.486 e. The van der Waals surface area contributed by atoms with Gasteiger partial charge in [0.05, 0.1) is 23.7 Å². The van der Waals surface area contributed by atoms with Gasteiger partial charge in [-0.1, -0.05) is 91.8 Å². The number of pyridine rings is 1. The molecule has 242 valence electrons.